The number of benzene rings is 2. The van der Waals surface area contributed by atoms with E-state index in [2.05, 4.69) is 15.4 Å². The number of hydrogen-bond donors (Lipinski definition) is 1. The molecule has 0 amide bonds. The number of morpholine rings is 1. The minimum atomic E-state index is -4.70. The third-order valence-electron chi connectivity index (χ3n) is 6.26. The van der Waals surface area contributed by atoms with Crippen LogP contribution in [0.5, 0.6) is 0 Å². The zero-order valence-electron chi connectivity index (χ0n) is 20.9. The summed E-state index contributed by atoms with van der Waals surface area (Å²) in [6.45, 7) is 6.09. The summed E-state index contributed by atoms with van der Waals surface area (Å²) in [7, 11) is 0. The van der Waals surface area contributed by atoms with E-state index in [-0.39, 0.29) is 11.4 Å². The Morgan fingerprint density at radius 2 is 1.82 bits per heavy atom. The van der Waals surface area contributed by atoms with Crippen molar-refractivity contribution >= 4 is 11.4 Å². The van der Waals surface area contributed by atoms with Gasteiger partial charge in [0.05, 0.1) is 36.4 Å². The summed E-state index contributed by atoms with van der Waals surface area (Å²) in [4.78, 5) is 19.3. The lowest BCUT2D eigenvalue weighted by Gasteiger charge is -2.29. The maximum atomic E-state index is 14.2. The van der Waals surface area contributed by atoms with Crippen LogP contribution < -0.4 is 15.8 Å². The molecule has 4 aromatic rings. The molecule has 1 saturated heterocycles. The standard InChI is InChI=1S/C27H26F3N5O3/c1-3-32-23-14-22(18-10-17(2)11-19(12-18)25-15-31-16-38-25)33-35(26(23)36)24-13-20(34-6-8-37-9-7-34)4-5-21(24)27(28,29)30/h4-5,10-16,32H,3,6-9H2,1-2H3. The van der Waals surface area contributed by atoms with Gasteiger partial charge in [-0.05, 0) is 61.9 Å². The molecule has 0 spiro atoms. The molecule has 0 atom stereocenters. The van der Waals surface area contributed by atoms with E-state index in [0.717, 1.165) is 21.9 Å². The topological polar surface area (TPSA) is 85.4 Å². The van der Waals surface area contributed by atoms with Crippen LogP contribution in [0.1, 0.15) is 18.1 Å². The van der Waals surface area contributed by atoms with Crippen molar-refractivity contribution in [2.24, 2.45) is 0 Å². The van der Waals surface area contributed by atoms with Crippen LogP contribution in [0.2, 0.25) is 0 Å². The van der Waals surface area contributed by atoms with Gasteiger partial charge in [0.1, 0.15) is 5.69 Å². The molecular formula is C27H26F3N5O3. The quantitative estimate of drug-likeness (QED) is 0.373. The van der Waals surface area contributed by atoms with Crippen molar-refractivity contribution in [3.8, 4) is 28.3 Å². The second-order valence-electron chi connectivity index (χ2n) is 8.94. The molecule has 0 saturated carbocycles. The first kappa shape index (κ1) is 25.5. The Bertz CT molecular complexity index is 1490. The second-order valence-corrected chi connectivity index (χ2v) is 8.94. The van der Waals surface area contributed by atoms with E-state index in [0.29, 0.717) is 55.6 Å². The van der Waals surface area contributed by atoms with E-state index in [9.17, 15) is 18.0 Å². The van der Waals surface area contributed by atoms with E-state index in [1.54, 1.807) is 25.3 Å². The maximum Gasteiger partial charge on any atom is 0.418 e. The highest BCUT2D eigenvalue weighted by Crippen LogP contribution is 2.36. The number of nitrogens with one attached hydrogen (secondary N) is 1. The number of alkyl halides is 3. The van der Waals surface area contributed by atoms with Crippen molar-refractivity contribution in [1.29, 1.82) is 0 Å². The van der Waals surface area contributed by atoms with Crippen molar-refractivity contribution in [2.45, 2.75) is 20.0 Å². The van der Waals surface area contributed by atoms with Gasteiger partial charge in [-0.25, -0.2) is 4.98 Å². The predicted octanol–water partition coefficient (Wildman–Crippen LogP) is 5.15. The number of aromatic nitrogens is 3. The molecule has 38 heavy (non-hydrogen) atoms. The minimum absolute atomic E-state index is 0.144. The van der Waals surface area contributed by atoms with Crippen LogP contribution in [0.15, 0.2) is 64.3 Å². The van der Waals surface area contributed by atoms with Crippen LogP contribution >= 0.6 is 0 Å². The fourth-order valence-electron chi connectivity index (χ4n) is 4.50. The summed E-state index contributed by atoms with van der Waals surface area (Å²) in [5, 5.41) is 7.43. The van der Waals surface area contributed by atoms with Crippen molar-refractivity contribution in [2.75, 3.05) is 43.1 Å². The second kappa shape index (κ2) is 10.3. The van der Waals surface area contributed by atoms with Gasteiger partial charge in [0.25, 0.3) is 5.56 Å². The first-order valence-corrected chi connectivity index (χ1v) is 12.2. The van der Waals surface area contributed by atoms with Crippen molar-refractivity contribution < 1.29 is 22.3 Å². The van der Waals surface area contributed by atoms with E-state index in [1.807, 2.05) is 24.0 Å². The highest BCUT2D eigenvalue weighted by atomic mass is 19.4. The van der Waals surface area contributed by atoms with Gasteiger partial charge >= 0.3 is 6.18 Å². The highest BCUT2D eigenvalue weighted by Gasteiger charge is 2.35. The van der Waals surface area contributed by atoms with Gasteiger partial charge < -0.3 is 19.4 Å². The molecule has 0 unspecified atom stereocenters. The van der Waals surface area contributed by atoms with Gasteiger partial charge in [-0.2, -0.15) is 23.0 Å². The summed E-state index contributed by atoms with van der Waals surface area (Å²) in [5.41, 5.74) is 1.29. The van der Waals surface area contributed by atoms with Gasteiger partial charge in [-0.3, -0.25) is 4.79 Å². The molecule has 5 rings (SSSR count). The van der Waals surface area contributed by atoms with Gasteiger partial charge in [0.2, 0.25) is 0 Å². The number of oxazole rings is 1. The number of anilines is 2. The highest BCUT2D eigenvalue weighted by molar-refractivity contribution is 5.71. The molecule has 1 aliphatic rings. The SMILES string of the molecule is CCNc1cc(-c2cc(C)cc(-c3cnco3)c2)nn(-c2cc(N3CCOCC3)ccc2C(F)(F)F)c1=O. The zero-order chi connectivity index (χ0) is 26.9. The Balaban J connectivity index is 1.72. The molecule has 11 heteroatoms. The fourth-order valence-corrected chi connectivity index (χ4v) is 4.50. The Labute approximate surface area is 216 Å². The predicted molar refractivity (Wildman–Crippen MR) is 138 cm³/mol. The monoisotopic (exact) mass is 525 g/mol. The molecule has 1 aliphatic heterocycles. The first-order valence-electron chi connectivity index (χ1n) is 12.2. The van der Waals surface area contributed by atoms with Crippen molar-refractivity contribution in [3.05, 3.63) is 76.5 Å². The van der Waals surface area contributed by atoms with Gasteiger partial charge in [0.15, 0.2) is 12.2 Å². The molecule has 1 fully saturated rings. The van der Waals surface area contributed by atoms with Crippen LogP contribution in [0.3, 0.4) is 0 Å². The summed E-state index contributed by atoms with van der Waals surface area (Å²) in [6.07, 6.45) is -1.81. The van der Waals surface area contributed by atoms with Crippen molar-refractivity contribution in [3.63, 3.8) is 0 Å². The number of ether oxygens (including phenoxy) is 1. The molecule has 2 aromatic carbocycles. The lowest BCUT2D eigenvalue weighted by atomic mass is 10.0. The molecule has 3 heterocycles. The van der Waals surface area contributed by atoms with Gasteiger partial charge in [0, 0.05) is 36.4 Å². The Kier molecular flexibility index (Phi) is 6.94. The number of nitrogens with zero attached hydrogens (tertiary/aromatic N) is 4. The summed E-state index contributed by atoms with van der Waals surface area (Å²) in [5.74, 6) is 0.535. The number of halogens is 3. The minimum Gasteiger partial charge on any atom is -0.444 e. The maximum absolute atomic E-state index is 14.2. The Morgan fingerprint density at radius 1 is 1.05 bits per heavy atom. The number of rotatable bonds is 6. The Morgan fingerprint density at radius 3 is 2.50 bits per heavy atom. The summed E-state index contributed by atoms with van der Waals surface area (Å²) in [6, 6.07) is 10.9. The van der Waals surface area contributed by atoms with E-state index >= 15 is 0 Å². The lowest BCUT2D eigenvalue weighted by molar-refractivity contribution is -0.137. The fraction of sp³-hybridized carbons (Fsp3) is 0.296. The van der Waals surface area contributed by atoms with Crippen LogP contribution in [-0.2, 0) is 10.9 Å². The third kappa shape index (κ3) is 5.14. The van der Waals surface area contributed by atoms with E-state index in [4.69, 9.17) is 9.15 Å². The van der Waals surface area contributed by atoms with Crippen LogP contribution in [0.25, 0.3) is 28.3 Å². The molecular weight excluding hydrogens is 499 g/mol. The van der Waals surface area contributed by atoms with Gasteiger partial charge in [-0.1, -0.05) is 0 Å². The van der Waals surface area contributed by atoms with E-state index < -0.39 is 17.3 Å². The third-order valence-corrected chi connectivity index (χ3v) is 6.26. The lowest BCUT2D eigenvalue weighted by Crippen LogP contribution is -2.36. The average molecular weight is 526 g/mol. The first-order chi connectivity index (χ1) is 18.2. The van der Waals surface area contributed by atoms with Crippen molar-refractivity contribution in [1.82, 2.24) is 14.8 Å². The molecule has 2 aromatic heterocycles. The molecule has 8 nitrogen and oxygen atoms in total. The molecule has 0 radical (unpaired) electrons. The normalized spacial score (nSPS) is 14.1. The number of hydrogen-bond acceptors (Lipinski definition) is 7. The average Bonchev–Trinajstić information content (AvgIpc) is 3.45. The van der Waals surface area contributed by atoms with Crippen LogP contribution in [-0.4, -0.2) is 47.6 Å². The molecule has 198 valence electrons. The van der Waals surface area contributed by atoms with Gasteiger partial charge in [-0.15, -0.1) is 0 Å². The number of aryl methyl sites for hydroxylation is 1. The largest absolute Gasteiger partial charge is 0.444 e. The molecule has 0 bridgehead atoms. The summed E-state index contributed by atoms with van der Waals surface area (Å²) >= 11 is 0. The van der Waals surface area contributed by atoms with Crippen LogP contribution in [0.4, 0.5) is 24.5 Å². The summed E-state index contributed by atoms with van der Waals surface area (Å²) < 4.78 is 54.1. The van der Waals surface area contributed by atoms with Crippen LogP contribution in [0, 0.1) is 6.92 Å². The molecule has 1 N–H and O–H groups in total. The molecule has 0 aliphatic carbocycles. The zero-order valence-corrected chi connectivity index (χ0v) is 20.9. The van der Waals surface area contributed by atoms with E-state index in [1.165, 1.54) is 18.5 Å². The smallest absolute Gasteiger partial charge is 0.418 e. The Hall–Kier alpha value is -4.12.